The summed E-state index contributed by atoms with van der Waals surface area (Å²) in [5.41, 5.74) is 2.87. The Kier molecular flexibility index (Phi) is 7.97. The minimum absolute atomic E-state index is 0.0831. The van der Waals surface area contributed by atoms with E-state index in [0.29, 0.717) is 17.5 Å². The first-order chi connectivity index (χ1) is 14.9. The van der Waals surface area contributed by atoms with Gasteiger partial charge in [0.25, 0.3) is 0 Å². The van der Waals surface area contributed by atoms with E-state index in [1.807, 2.05) is 61.7 Å². The Hall–Kier alpha value is -2.52. The molecule has 0 spiro atoms. The SMILES string of the molecule is CCn1c(COc2ccc(OC)cc2)nnc1SCC(=O)Nc1c(C)cc(Br)cc1C. The molecule has 0 bridgehead atoms. The maximum Gasteiger partial charge on any atom is 0.234 e. The van der Waals surface area contributed by atoms with Crippen molar-refractivity contribution >= 4 is 39.3 Å². The Morgan fingerprint density at radius 1 is 1.13 bits per heavy atom. The average molecular weight is 505 g/mol. The van der Waals surface area contributed by atoms with Gasteiger partial charge in [-0.25, -0.2) is 0 Å². The molecule has 2 aromatic carbocycles. The van der Waals surface area contributed by atoms with Gasteiger partial charge in [-0.1, -0.05) is 27.7 Å². The summed E-state index contributed by atoms with van der Waals surface area (Å²) in [6, 6.07) is 11.3. The van der Waals surface area contributed by atoms with Crippen LogP contribution in [0.3, 0.4) is 0 Å². The molecule has 0 unspecified atom stereocenters. The number of ether oxygens (including phenoxy) is 2. The Balaban J connectivity index is 1.59. The molecule has 3 aromatic rings. The molecule has 164 valence electrons. The van der Waals surface area contributed by atoms with E-state index >= 15 is 0 Å². The number of thioether (sulfide) groups is 1. The van der Waals surface area contributed by atoms with Crippen molar-refractivity contribution in [2.24, 2.45) is 0 Å². The number of hydrogen-bond acceptors (Lipinski definition) is 6. The van der Waals surface area contributed by atoms with Crippen molar-refractivity contribution in [3.63, 3.8) is 0 Å². The van der Waals surface area contributed by atoms with Crippen LogP contribution in [-0.4, -0.2) is 33.5 Å². The normalized spacial score (nSPS) is 10.7. The second-order valence-electron chi connectivity index (χ2n) is 6.86. The molecule has 31 heavy (non-hydrogen) atoms. The van der Waals surface area contributed by atoms with Gasteiger partial charge in [0.05, 0.1) is 12.9 Å². The summed E-state index contributed by atoms with van der Waals surface area (Å²) in [4.78, 5) is 12.5. The van der Waals surface area contributed by atoms with E-state index in [2.05, 4.69) is 31.4 Å². The average Bonchev–Trinajstić information content (AvgIpc) is 3.15. The molecule has 1 N–H and O–H groups in total. The van der Waals surface area contributed by atoms with Gasteiger partial charge in [-0.2, -0.15) is 0 Å². The number of nitrogens with zero attached hydrogens (tertiary/aromatic N) is 3. The molecule has 0 radical (unpaired) electrons. The fourth-order valence-electron chi connectivity index (χ4n) is 3.08. The van der Waals surface area contributed by atoms with Gasteiger partial charge >= 0.3 is 0 Å². The molecule has 9 heteroatoms. The van der Waals surface area contributed by atoms with E-state index in [0.717, 1.165) is 32.8 Å². The highest BCUT2D eigenvalue weighted by atomic mass is 79.9. The summed E-state index contributed by atoms with van der Waals surface area (Å²) < 4.78 is 13.9. The Labute approximate surface area is 194 Å². The lowest BCUT2D eigenvalue weighted by Crippen LogP contribution is -2.16. The van der Waals surface area contributed by atoms with Gasteiger partial charge in [0, 0.05) is 16.7 Å². The monoisotopic (exact) mass is 504 g/mol. The van der Waals surface area contributed by atoms with Gasteiger partial charge in [0.2, 0.25) is 5.91 Å². The third kappa shape index (κ3) is 6.01. The largest absolute Gasteiger partial charge is 0.497 e. The highest BCUT2D eigenvalue weighted by molar-refractivity contribution is 9.10. The van der Waals surface area contributed by atoms with Crippen molar-refractivity contribution in [2.45, 2.75) is 39.1 Å². The number of anilines is 1. The smallest absolute Gasteiger partial charge is 0.234 e. The number of rotatable bonds is 9. The molecule has 7 nitrogen and oxygen atoms in total. The summed E-state index contributed by atoms with van der Waals surface area (Å²) in [6.45, 7) is 6.94. The van der Waals surface area contributed by atoms with Crippen LogP contribution in [0.4, 0.5) is 5.69 Å². The van der Waals surface area contributed by atoms with Crippen molar-refractivity contribution in [2.75, 3.05) is 18.2 Å². The van der Waals surface area contributed by atoms with Crippen molar-refractivity contribution in [3.05, 3.63) is 57.8 Å². The molecule has 0 fully saturated rings. The standard InChI is InChI=1S/C22H25BrN4O3S/c1-5-27-19(12-30-18-8-6-17(29-4)7-9-18)25-26-22(27)31-13-20(28)24-21-14(2)10-16(23)11-15(21)3/h6-11H,5,12-13H2,1-4H3,(H,24,28). The molecule has 1 heterocycles. The third-order valence-electron chi connectivity index (χ3n) is 4.63. The fraction of sp³-hybridized carbons (Fsp3) is 0.318. The van der Waals surface area contributed by atoms with Gasteiger partial charge in [0.15, 0.2) is 11.0 Å². The predicted molar refractivity (Wildman–Crippen MR) is 126 cm³/mol. The molecule has 0 atom stereocenters. The number of amides is 1. The van der Waals surface area contributed by atoms with E-state index in [-0.39, 0.29) is 18.3 Å². The van der Waals surface area contributed by atoms with E-state index in [1.54, 1.807) is 7.11 Å². The number of aromatic nitrogens is 3. The first kappa shape index (κ1) is 23.1. The van der Waals surface area contributed by atoms with Crippen LogP contribution in [0.25, 0.3) is 0 Å². The number of halogens is 1. The highest BCUT2D eigenvalue weighted by Crippen LogP contribution is 2.26. The summed E-state index contributed by atoms with van der Waals surface area (Å²) in [5, 5.41) is 12.2. The Morgan fingerprint density at radius 2 is 1.77 bits per heavy atom. The molecule has 0 saturated carbocycles. The van der Waals surface area contributed by atoms with Gasteiger partial charge in [-0.15, -0.1) is 10.2 Å². The molecular formula is C22H25BrN4O3S. The molecule has 3 rings (SSSR count). The minimum Gasteiger partial charge on any atom is -0.497 e. The number of methoxy groups -OCH3 is 1. The van der Waals surface area contributed by atoms with Crippen molar-refractivity contribution in [3.8, 4) is 11.5 Å². The van der Waals surface area contributed by atoms with Gasteiger partial charge in [-0.05, 0) is 68.3 Å². The van der Waals surface area contributed by atoms with Crippen LogP contribution in [0, 0.1) is 13.8 Å². The summed E-state index contributed by atoms with van der Waals surface area (Å²) >= 11 is 4.83. The zero-order valence-corrected chi connectivity index (χ0v) is 20.3. The van der Waals surface area contributed by atoms with Crippen LogP contribution < -0.4 is 14.8 Å². The summed E-state index contributed by atoms with van der Waals surface area (Å²) in [5.74, 6) is 2.36. The molecule has 0 saturated heterocycles. The summed E-state index contributed by atoms with van der Waals surface area (Å²) in [7, 11) is 1.63. The topological polar surface area (TPSA) is 78.3 Å². The minimum atomic E-state index is -0.0831. The van der Waals surface area contributed by atoms with Crippen LogP contribution in [0.1, 0.15) is 23.9 Å². The molecular weight excluding hydrogens is 480 g/mol. The fourth-order valence-corrected chi connectivity index (χ4v) is 4.59. The first-order valence-electron chi connectivity index (χ1n) is 9.79. The maximum atomic E-state index is 12.5. The zero-order valence-electron chi connectivity index (χ0n) is 17.9. The maximum absolute atomic E-state index is 12.5. The Morgan fingerprint density at radius 3 is 2.39 bits per heavy atom. The number of carbonyl (C=O) groups is 1. The Bertz CT molecular complexity index is 1030. The quantitative estimate of drug-likeness (QED) is 0.413. The second kappa shape index (κ2) is 10.7. The molecule has 0 aliphatic carbocycles. The lowest BCUT2D eigenvalue weighted by atomic mass is 10.1. The van der Waals surface area contributed by atoms with E-state index in [9.17, 15) is 4.79 Å². The lowest BCUT2D eigenvalue weighted by molar-refractivity contribution is -0.113. The van der Waals surface area contributed by atoms with E-state index in [1.165, 1.54) is 11.8 Å². The van der Waals surface area contributed by atoms with E-state index < -0.39 is 0 Å². The zero-order chi connectivity index (χ0) is 22.4. The number of hydrogen-bond donors (Lipinski definition) is 1. The van der Waals surface area contributed by atoms with Gasteiger partial charge in [-0.3, -0.25) is 4.79 Å². The summed E-state index contributed by atoms with van der Waals surface area (Å²) in [6.07, 6.45) is 0. The van der Waals surface area contributed by atoms with Crippen LogP contribution in [0.2, 0.25) is 0 Å². The number of aryl methyl sites for hydroxylation is 2. The number of benzene rings is 2. The second-order valence-corrected chi connectivity index (χ2v) is 8.72. The van der Waals surface area contributed by atoms with Gasteiger partial charge < -0.3 is 19.4 Å². The first-order valence-corrected chi connectivity index (χ1v) is 11.6. The van der Waals surface area contributed by atoms with Gasteiger partial charge in [0.1, 0.15) is 18.1 Å². The molecule has 1 amide bonds. The molecule has 1 aromatic heterocycles. The van der Waals surface area contributed by atoms with Crippen molar-refractivity contribution < 1.29 is 14.3 Å². The number of nitrogens with one attached hydrogen (secondary N) is 1. The molecule has 0 aliphatic rings. The third-order valence-corrected chi connectivity index (χ3v) is 6.06. The van der Waals surface area contributed by atoms with Crippen LogP contribution >= 0.6 is 27.7 Å². The molecule has 0 aliphatic heterocycles. The van der Waals surface area contributed by atoms with Crippen molar-refractivity contribution in [1.29, 1.82) is 0 Å². The van der Waals surface area contributed by atoms with Crippen LogP contribution in [0.15, 0.2) is 46.0 Å². The van der Waals surface area contributed by atoms with Crippen LogP contribution in [-0.2, 0) is 17.9 Å². The predicted octanol–water partition coefficient (Wildman–Crippen LogP) is 5.00. The van der Waals surface area contributed by atoms with Crippen LogP contribution in [0.5, 0.6) is 11.5 Å². The van der Waals surface area contributed by atoms with Crippen molar-refractivity contribution in [1.82, 2.24) is 14.8 Å². The lowest BCUT2D eigenvalue weighted by Gasteiger charge is -2.12. The number of carbonyl (C=O) groups excluding carboxylic acids is 1. The van der Waals surface area contributed by atoms with E-state index in [4.69, 9.17) is 9.47 Å². The highest BCUT2D eigenvalue weighted by Gasteiger charge is 2.15.